The van der Waals surface area contributed by atoms with Gasteiger partial charge < -0.3 is 15.2 Å². The van der Waals surface area contributed by atoms with E-state index in [1.165, 1.54) is 6.92 Å². The van der Waals surface area contributed by atoms with Gasteiger partial charge in [0.2, 0.25) is 5.95 Å². The molecule has 8 heteroatoms. The Morgan fingerprint density at radius 3 is 2.78 bits per heavy atom. The third-order valence-corrected chi connectivity index (χ3v) is 2.09. The number of aliphatic hydroxyl groups is 1. The maximum Gasteiger partial charge on any atom is 0.352 e. The summed E-state index contributed by atoms with van der Waals surface area (Å²) in [6, 6.07) is 0. The van der Waals surface area contributed by atoms with Crippen LogP contribution < -0.4 is 10.1 Å². The van der Waals surface area contributed by atoms with Gasteiger partial charge in [-0.3, -0.25) is 10.1 Å². The number of nitrogens with zero attached hydrogens (tertiary/aromatic N) is 3. The quantitative estimate of drug-likeness (QED) is 0.423. The lowest BCUT2D eigenvalue weighted by Gasteiger charge is -2.08. The molecule has 0 radical (unpaired) electrons. The average Bonchev–Trinajstić information content (AvgIpc) is 2.28. The first-order valence-electron chi connectivity index (χ1n) is 5.60. The monoisotopic (exact) mass is 256 g/mol. The zero-order valence-corrected chi connectivity index (χ0v) is 10.3. The Hall–Kier alpha value is -1.96. The highest BCUT2D eigenvalue weighted by Gasteiger charge is 2.23. The molecule has 0 bridgehead atoms. The summed E-state index contributed by atoms with van der Waals surface area (Å²) in [7, 11) is 0. The highest BCUT2D eigenvalue weighted by atomic mass is 16.6. The number of nitro groups is 1. The molecule has 0 aliphatic rings. The minimum Gasteiger partial charge on any atom is -0.473 e. The first kappa shape index (κ1) is 14.1. The van der Waals surface area contributed by atoms with Crippen LogP contribution >= 0.6 is 0 Å². The minimum atomic E-state index is -0.570. The highest BCUT2D eigenvalue weighted by molar-refractivity contribution is 5.48. The lowest BCUT2D eigenvalue weighted by Crippen LogP contribution is -2.10. The molecule has 0 saturated carbocycles. The van der Waals surface area contributed by atoms with Crippen LogP contribution in [0, 0.1) is 17.0 Å². The largest absolute Gasteiger partial charge is 0.473 e. The van der Waals surface area contributed by atoms with Crippen LogP contribution in [0.15, 0.2) is 0 Å². The van der Waals surface area contributed by atoms with Crippen LogP contribution in [0.5, 0.6) is 5.88 Å². The second kappa shape index (κ2) is 6.70. The number of aliphatic hydroxyl groups excluding tert-OH is 1. The van der Waals surface area contributed by atoms with E-state index in [4.69, 9.17) is 9.84 Å². The Morgan fingerprint density at radius 1 is 1.50 bits per heavy atom. The molecule has 1 aromatic heterocycles. The fourth-order valence-corrected chi connectivity index (χ4v) is 1.32. The number of anilines is 1. The van der Waals surface area contributed by atoms with Crippen LogP contribution in [-0.4, -0.2) is 39.8 Å². The standard InChI is InChI=1S/C10H16N4O4/c1-3-11-10-12-7(2)8(14(16)17)9(13-10)18-6-4-5-15/h15H,3-6H2,1-2H3,(H,11,12,13). The molecular formula is C10H16N4O4. The first-order valence-corrected chi connectivity index (χ1v) is 5.60. The van der Waals surface area contributed by atoms with Crippen molar-refractivity contribution >= 4 is 11.6 Å². The van der Waals surface area contributed by atoms with Crippen molar-refractivity contribution in [2.45, 2.75) is 20.3 Å². The van der Waals surface area contributed by atoms with Gasteiger partial charge in [-0.25, -0.2) is 4.98 Å². The van der Waals surface area contributed by atoms with Gasteiger partial charge in [0.05, 0.1) is 11.5 Å². The molecule has 0 aromatic carbocycles. The number of rotatable bonds is 7. The summed E-state index contributed by atoms with van der Waals surface area (Å²) >= 11 is 0. The van der Waals surface area contributed by atoms with Crippen molar-refractivity contribution in [3.8, 4) is 5.88 Å². The van der Waals surface area contributed by atoms with Crippen LogP contribution in [-0.2, 0) is 0 Å². The molecule has 1 rings (SSSR count). The second-order valence-electron chi connectivity index (χ2n) is 3.50. The molecule has 1 heterocycles. The third-order valence-electron chi connectivity index (χ3n) is 2.09. The van der Waals surface area contributed by atoms with E-state index in [-0.39, 0.29) is 30.5 Å². The van der Waals surface area contributed by atoms with E-state index in [9.17, 15) is 10.1 Å². The molecule has 1 aromatic rings. The first-order chi connectivity index (χ1) is 8.60. The molecular weight excluding hydrogens is 240 g/mol. The Bertz CT molecular complexity index is 425. The summed E-state index contributed by atoms with van der Waals surface area (Å²) in [5.74, 6) is 0.219. The Kier molecular flexibility index (Phi) is 5.25. The summed E-state index contributed by atoms with van der Waals surface area (Å²) in [5.41, 5.74) is -0.000425. The van der Waals surface area contributed by atoms with Crippen LogP contribution in [0.4, 0.5) is 11.6 Å². The van der Waals surface area contributed by atoms with Crippen molar-refractivity contribution in [2.24, 2.45) is 0 Å². The number of nitrogens with one attached hydrogen (secondary N) is 1. The molecule has 0 aliphatic heterocycles. The number of aryl methyl sites for hydroxylation is 1. The van der Waals surface area contributed by atoms with Crippen molar-refractivity contribution in [3.05, 3.63) is 15.8 Å². The topological polar surface area (TPSA) is 110 Å². The molecule has 100 valence electrons. The summed E-state index contributed by atoms with van der Waals surface area (Å²) in [6.07, 6.45) is 0.386. The maximum absolute atomic E-state index is 10.9. The van der Waals surface area contributed by atoms with Gasteiger partial charge in [0.1, 0.15) is 5.69 Å². The Labute approximate surface area is 104 Å². The van der Waals surface area contributed by atoms with Crippen LogP contribution in [0.25, 0.3) is 0 Å². The molecule has 0 unspecified atom stereocenters. The predicted octanol–water partition coefficient (Wildman–Crippen LogP) is 0.886. The van der Waals surface area contributed by atoms with Gasteiger partial charge in [-0.2, -0.15) is 4.98 Å². The van der Waals surface area contributed by atoms with Gasteiger partial charge in [0, 0.05) is 19.6 Å². The number of hydrogen-bond acceptors (Lipinski definition) is 7. The van der Waals surface area contributed by atoms with Crippen LogP contribution in [0.1, 0.15) is 19.0 Å². The van der Waals surface area contributed by atoms with Crippen LogP contribution in [0.2, 0.25) is 0 Å². The van der Waals surface area contributed by atoms with E-state index in [2.05, 4.69) is 15.3 Å². The molecule has 0 amide bonds. The smallest absolute Gasteiger partial charge is 0.352 e. The van der Waals surface area contributed by atoms with Crippen LogP contribution in [0.3, 0.4) is 0 Å². The predicted molar refractivity (Wildman–Crippen MR) is 64.8 cm³/mol. The lowest BCUT2D eigenvalue weighted by atomic mass is 10.3. The molecule has 0 saturated heterocycles. The molecule has 2 N–H and O–H groups in total. The van der Waals surface area contributed by atoms with Gasteiger partial charge >= 0.3 is 5.69 Å². The summed E-state index contributed by atoms with van der Waals surface area (Å²) in [4.78, 5) is 18.3. The molecule has 8 nitrogen and oxygen atoms in total. The molecule has 18 heavy (non-hydrogen) atoms. The Balaban J connectivity index is 3.03. The van der Waals surface area contributed by atoms with E-state index in [1.807, 2.05) is 6.92 Å². The minimum absolute atomic E-state index is 0.0437. The zero-order valence-electron chi connectivity index (χ0n) is 10.3. The average molecular weight is 256 g/mol. The van der Waals surface area contributed by atoms with Crippen molar-refractivity contribution in [1.29, 1.82) is 0 Å². The summed E-state index contributed by atoms with van der Waals surface area (Å²) < 4.78 is 5.21. The van der Waals surface area contributed by atoms with E-state index in [0.29, 0.717) is 18.9 Å². The van der Waals surface area contributed by atoms with Gasteiger partial charge in [-0.1, -0.05) is 0 Å². The zero-order chi connectivity index (χ0) is 13.5. The van der Waals surface area contributed by atoms with E-state index >= 15 is 0 Å². The normalized spacial score (nSPS) is 10.2. The van der Waals surface area contributed by atoms with Crippen molar-refractivity contribution < 1.29 is 14.8 Å². The summed E-state index contributed by atoms with van der Waals surface area (Å²) in [6.45, 7) is 4.12. The molecule has 0 fully saturated rings. The molecule has 0 spiro atoms. The fraction of sp³-hybridized carbons (Fsp3) is 0.600. The fourth-order valence-electron chi connectivity index (χ4n) is 1.32. The third kappa shape index (κ3) is 3.52. The SMILES string of the molecule is CCNc1nc(C)c([N+](=O)[O-])c(OCCCO)n1. The van der Waals surface area contributed by atoms with Crippen molar-refractivity contribution in [3.63, 3.8) is 0 Å². The van der Waals surface area contributed by atoms with Gasteiger partial charge in [0.15, 0.2) is 0 Å². The number of hydrogen-bond donors (Lipinski definition) is 2. The van der Waals surface area contributed by atoms with E-state index in [1.54, 1.807) is 0 Å². The summed E-state index contributed by atoms with van der Waals surface area (Å²) in [5, 5.41) is 22.4. The molecule has 0 atom stereocenters. The van der Waals surface area contributed by atoms with Gasteiger partial charge in [-0.05, 0) is 13.8 Å². The lowest BCUT2D eigenvalue weighted by molar-refractivity contribution is -0.387. The molecule has 0 aliphatic carbocycles. The second-order valence-corrected chi connectivity index (χ2v) is 3.50. The Morgan fingerprint density at radius 2 is 2.22 bits per heavy atom. The van der Waals surface area contributed by atoms with Gasteiger partial charge in [-0.15, -0.1) is 0 Å². The van der Waals surface area contributed by atoms with Gasteiger partial charge in [0.25, 0.3) is 5.88 Å². The van der Waals surface area contributed by atoms with E-state index < -0.39 is 4.92 Å². The number of aromatic nitrogens is 2. The van der Waals surface area contributed by atoms with E-state index in [0.717, 1.165) is 0 Å². The highest BCUT2D eigenvalue weighted by Crippen LogP contribution is 2.28. The van der Waals surface area contributed by atoms with Crippen molar-refractivity contribution in [2.75, 3.05) is 25.1 Å². The van der Waals surface area contributed by atoms with Crippen molar-refractivity contribution in [1.82, 2.24) is 9.97 Å². The maximum atomic E-state index is 10.9. The number of ether oxygens (including phenoxy) is 1.